The van der Waals surface area contributed by atoms with E-state index in [1.807, 2.05) is 24.3 Å². The lowest BCUT2D eigenvalue weighted by Crippen LogP contribution is -2.07. The van der Waals surface area contributed by atoms with Crippen LogP contribution in [0.15, 0.2) is 73.8 Å². The van der Waals surface area contributed by atoms with Gasteiger partial charge in [0.25, 0.3) is 0 Å². The molecule has 2 aromatic carbocycles. The third kappa shape index (κ3) is 4.68. The topological polar surface area (TPSA) is 52.6 Å². The van der Waals surface area contributed by atoms with Gasteiger partial charge >= 0.3 is 5.97 Å². The molecule has 0 fully saturated rings. The van der Waals surface area contributed by atoms with Gasteiger partial charge < -0.3 is 9.47 Å². The maximum absolute atomic E-state index is 11.1. The Kier molecular flexibility index (Phi) is 5.47. The van der Waals surface area contributed by atoms with E-state index in [4.69, 9.17) is 9.47 Å². The lowest BCUT2D eigenvalue weighted by atomic mass is 10.1. The summed E-state index contributed by atoms with van der Waals surface area (Å²) in [6, 6.07) is 14.5. The fourth-order valence-corrected chi connectivity index (χ4v) is 1.83. The number of ether oxygens (including phenoxy) is 2. The largest absolute Gasteiger partial charge is 0.485 e. The summed E-state index contributed by atoms with van der Waals surface area (Å²) in [5, 5.41) is 0. The maximum Gasteiger partial charge on any atom is 0.335 e. The Morgan fingerprint density at radius 2 is 1.35 bits per heavy atom. The summed E-state index contributed by atoms with van der Waals surface area (Å²) in [4.78, 5) is 22.2. The normalized spacial score (nSPS) is 9.74. The van der Waals surface area contributed by atoms with Gasteiger partial charge in [-0.3, -0.25) is 4.79 Å². The first-order valence-corrected chi connectivity index (χ1v) is 6.95. The van der Waals surface area contributed by atoms with Crippen molar-refractivity contribution >= 4 is 11.8 Å². The minimum absolute atomic E-state index is 0.0216. The third-order valence-corrected chi connectivity index (χ3v) is 3.04. The average molecular weight is 308 g/mol. The predicted molar refractivity (Wildman–Crippen MR) is 88.4 cm³/mol. The number of ketones is 1. The molecular weight excluding hydrogens is 292 g/mol. The number of rotatable bonds is 7. The Balaban J connectivity index is 2.04. The maximum atomic E-state index is 11.1. The molecule has 0 aliphatic heterocycles. The molecule has 0 amide bonds. The summed E-state index contributed by atoms with van der Waals surface area (Å²) >= 11 is 0. The number of carbonyl (C=O) groups excluding carboxylic acids is 2. The van der Waals surface area contributed by atoms with Crippen LogP contribution in [-0.4, -0.2) is 18.4 Å². The van der Waals surface area contributed by atoms with Crippen LogP contribution in [0.25, 0.3) is 11.1 Å². The van der Waals surface area contributed by atoms with Crippen molar-refractivity contribution in [3.63, 3.8) is 0 Å². The molecule has 2 rings (SSSR count). The monoisotopic (exact) mass is 308 g/mol. The fraction of sp³-hybridized carbons (Fsp3) is 0.0526. The van der Waals surface area contributed by atoms with Gasteiger partial charge in [0.2, 0.25) is 0 Å². The van der Waals surface area contributed by atoms with E-state index in [1.54, 1.807) is 24.3 Å². The zero-order chi connectivity index (χ0) is 16.7. The summed E-state index contributed by atoms with van der Waals surface area (Å²) in [6.45, 7) is 6.72. The molecule has 0 radical (unpaired) electrons. The van der Waals surface area contributed by atoms with Crippen molar-refractivity contribution in [3.8, 4) is 22.6 Å². The Bertz CT molecular complexity index is 712. The highest BCUT2D eigenvalue weighted by atomic mass is 16.5. The highest BCUT2D eigenvalue weighted by molar-refractivity contribution is 5.90. The third-order valence-electron chi connectivity index (χ3n) is 3.04. The molecule has 23 heavy (non-hydrogen) atoms. The number of carbonyl (C=O) groups is 2. The first kappa shape index (κ1) is 16.2. The molecule has 0 unspecified atom stereocenters. The van der Waals surface area contributed by atoms with Crippen LogP contribution in [0.5, 0.6) is 11.5 Å². The van der Waals surface area contributed by atoms with Crippen molar-refractivity contribution in [1.82, 2.24) is 0 Å². The van der Waals surface area contributed by atoms with E-state index in [-0.39, 0.29) is 12.4 Å². The van der Waals surface area contributed by atoms with E-state index >= 15 is 0 Å². The minimum Gasteiger partial charge on any atom is -0.485 e. The van der Waals surface area contributed by atoms with E-state index in [0.29, 0.717) is 11.5 Å². The van der Waals surface area contributed by atoms with Gasteiger partial charge in [-0.15, -0.1) is 0 Å². The molecule has 0 aliphatic rings. The van der Waals surface area contributed by atoms with Gasteiger partial charge in [0.15, 0.2) is 12.4 Å². The molecule has 116 valence electrons. The second kappa shape index (κ2) is 7.75. The molecule has 0 atom stereocenters. The fourth-order valence-electron chi connectivity index (χ4n) is 1.83. The number of benzene rings is 2. The molecule has 0 saturated carbocycles. The molecule has 0 saturated heterocycles. The lowest BCUT2D eigenvalue weighted by Gasteiger charge is -2.07. The molecule has 0 spiro atoms. The van der Waals surface area contributed by atoms with E-state index in [1.165, 1.54) is 6.08 Å². The Labute approximate surface area is 134 Å². The molecule has 4 heteroatoms. The van der Waals surface area contributed by atoms with Gasteiger partial charge in [-0.2, -0.15) is 0 Å². The molecule has 0 aliphatic carbocycles. The smallest absolute Gasteiger partial charge is 0.335 e. The van der Waals surface area contributed by atoms with Crippen LogP contribution in [0.3, 0.4) is 0 Å². The Morgan fingerprint density at radius 3 is 1.83 bits per heavy atom. The number of esters is 1. The van der Waals surface area contributed by atoms with Crippen LogP contribution in [0, 0.1) is 0 Å². The molecule has 0 heterocycles. The van der Waals surface area contributed by atoms with Gasteiger partial charge in [-0.05, 0) is 41.5 Å². The van der Waals surface area contributed by atoms with Gasteiger partial charge in [0.1, 0.15) is 11.5 Å². The SMILES string of the molecule is C=CC(=O)COc1ccc(-c2ccc(OC(=O)C=C)cc2)cc1. The lowest BCUT2D eigenvalue weighted by molar-refractivity contribution is -0.129. The summed E-state index contributed by atoms with van der Waals surface area (Å²) in [7, 11) is 0. The summed E-state index contributed by atoms with van der Waals surface area (Å²) in [5.41, 5.74) is 1.95. The first-order valence-electron chi connectivity index (χ1n) is 6.95. The quantitative estimate of drug-likeness (QED) is 0.446. The summed E-state index contributed by atoms with van der Waals surface area (Å²) in [6.07, 6.45) is 2.35. The highest BCUT2D eigenvalue weighted by Gasteiger charge is 2.03. The van der Waals surface area contributed by atoms with Crippen molar-refractivity contribution in [1.29, 1.82) is 0 Å². The van der Waals surface area contributed by atoms with Gasteiger partial charge in [-0.1, -0.05) is 37.4 Å². The molecule has 0 bridgehead atoms. The van der Waals surface area contributed by atoms with Crippen molar-refractivity contribution in [2.24, 2.45) is 0 Å². The number of hydrogen-bond acceptors (Lipinski definition) is 4. The van der Waals surface area contributed by atoms with Crippen LogP contribution in [-0.2, 0) is 9.59 Å². The first-order chi connectivity index (χ1) is 11.1. The standard InChI is InChI=1S/C19H16O4/c1-3-16(20)13-22-17-9-5-14(6-10-17)15-7-11-18(12-8-15)23-19(21)4-2/h3-12H,1-2,13H2. The van der Waals surface area contributed by atoms with E-state index in [2.05, 4.69) is 13.2 Å². The highest BCUT2D eigenvalue weighted by Crippen LogP contribution is 2.24. The van der Waals surface area contributed by atoms with Crippen molar-refractivity contribution < 1.29 is 19.1 Å². The summed E-state index contributed by atoms with van der Waals surface area (Å²) < 4.78 is 10.4. The van der Waals surface area contributed by atoms with Crippen LogP contribution < -0.4 is 9.47 Å². The van der Waals surface area contributed by atoms with Crippen molar-refractivity contribution in [2.75, 3.05) is 6.61 Å². The van der Waals surface area contributed by atoms with Gasteiger partial charge in [0, 0.05) is 6.08 Å². The van der Waals surface area contributed by atoms with Crippen LogP contribution >= 0.6 is 0 Å². The Hall–Kier alpha value is -3.14. The predicted octanol–water partition coefficient (Wildman–Crippen LogP) is 3.58. The van der Waals surface area contributed by atoms with Gasteiger partial charge in [0.05, 0.1) is 0 Å². The van der Waals surface area contributed by atoms with Crippen LogP contribution in [0.1, 0.15) is 0 Å². The average Bonchev–Trinajstić information content (AvgIpc) is 2.60. The second-order valence-electron chi connectivity index (χ2n) is 4.63. The van der Waals surface area contributed by atoms with Crippen LogP contribution in [0.4, 0.5) is 0 Å². The van der Waals surface area contributed by atoms with Crippen molar-refractivity contribution in [3.05, 3.63) is 73.8 Å². The van der Waals surface area contributed by atoms with Crippen molar-refractivity contribution in [2.45, 2.75) is 0 Å². The van der Waals surface area contributed by atoms with Crippen LogP contribution in [0.2, 0.25) is 0 Å². The summed E-state index contributed by atoms with van der Waals surface area (Å²) in [5.74, 6) is 0.411. The zero-order valence-corrected chi connectivity index (χ0v) is 12.5. The van der Waals surface area contributed by atoms with Gasteiger partial charge in [-0.25, -0.2) is 4.79 Å². The second-order valence-corrected chi connectivity index (χ2v) is 4.63. The number of hydrogen-bond donors (Lipinski definition) is 0. The molecular formula is C19H16O4. The van der Waals surface area contributed by atoms with E-state index < -0.39 is 5.97 Å². The Morgan fingerprint density at radius 1 is 0.826 bits per heavy atom. The zero-order valence-electron chi connectivity index (χ0n) is 12.5. The molecule has 2 aromatic rings. The minimum atomic E-state index is -0.492. The van der Waals surface area contributed by atoms with E-state index in [0.717, 1.165) is 17.2 Å². The van der Waals surface area contributed by atoms with E-state index in [9.17, 15) is 9.59 Å². The molecule has 0 aromatic heterocycles. The molecule has 0 N–H and O–H groups in total. The molecule has 4 nitrogen and oxygen atoms in total.